The summed E-state index contributed by atoms with van der Waals surface area (Å²) in [5.74, 6) is 0.000307. The minimum atomic E-state index is -0.419. The van der Waals surface area contributed by atoms with Gasteiger partial charge in [-0.15, -0.1) is 0 Å². The van der Waals surface area contributed by atoms with Gasteiger partial charge < -0.3 is 10.2 Å². The predicted octanol–water partition coefficient (Wildman–Crippen LogP) is 2.29. The highest BCUT2D eigenvalue weighted by molar-refractivity contribution is 6.28. The zero-order valence-electron chi connectivity index (χ0n) is 13.4. The van der Waals surface area contributed by atoms with E-state index < -0.39 is 5.54 Å². The van der Waals surface area contributed by atoms with Gasteiger partial charge >= 0.3 is 0 Å². The molecule has 0 radical (unpaired) electrons. The van der Waals surface area contributed by atoms with Crippen molar-refractivity contribution in [3.05, 3.63) is 17.0 Å². The summed E-state index contributed by atoms with van der Waals surface area (Å²) in [6.07, 6.45) is 1.85. The van der Waals surface area contributed by atoms with Crippen molar-refractivity contribution >= 4 is 23.3 Å². The molecular weight excluding hydrogens is 316 g/mol. The molecule has 0 saturated heterocycles. The molecule has 0 spiro atoms. The quantitative estimate of drug-likeness (QED) is 0.800. The minimum Gasteiger partial charge on any atom is -0.354 e. The molecule has 0 aromatic carbocycles. The second kappa shape index (κ2) is 8.30. The minimum absolute atomic E-state index is 0.00576. The molecule has 0 aliphatic heterocycles. The van der Waals surface area contributed by atoms with E-state index in [1.54, 1.807) is 4.90 Å². The summed E-state index contributed by atoms with van der Waals surface area (Å²) in [7, 11) is 0. The summed E-state index contributed by atoms with van der Waals surface area (Å²) in [5, 5.41) is 20.4. The van der Waals surface area contributed by atoms with Crippen LogP contribution in [-0.2, 0) is 0 Å². The Morgan fingerprint density at radius 1 is 1.30 bits per heavy atom. The van der Waals surface area contributed by atoms with Crippen LogP contribution in [0.5, 0.6) is 0 Å². The maximum absolute atomic E-state index is 12.5. The number of nitrogens with one attached hydrogen (secondary N) is 1. The molecule has 1 amide bonds. The molecule has 0 fully saturated rings. The third-order valence-electron chi connectivity index (χ3n) is 2.76. The number of carbonyl (C=O) groups is 1. The fourth-order valence-corrected chi connectivity index (χ4v) is 1.98. The molecule has 1 aromatic rings. The average Bonchev–Trinajstić information content (AvgIpc) is 2.45. The summed E-state index contributed by atoms with van der Waals surface area (Å²) < 4.78 is 0. The summed E-state index contributed by atoms with van der Waals surface area (Å²) in [5.41, 5.74) is -0.154. The van der Waals surface area contributed by atoms with Gasteiger partial charge in [0.1, 0.15) is 11.4 Å². The predicted molar refractivity (Wildman–Crippen MR) is 86.9 cm³/mol. The summed E-state index contributed by atoms with van der Waals surface area (Å²) in [6, 6.07) is 4.09. The Bertz CT molecular complexity index is 623. The van der Waals surface area contributed by atoms with Crippen LogP contribution >= 0.6 is 11.6 Å². The summed E-state index contributed by atoms with van der Waals surface area (Å²) in [6.45, 7) is 6.29. The molecule has 0 atom stereocenters. The van der Waals surface area contributed by atoms with Crippen molar-refractivity contribution in [2.45, 2.75) is 39.2 Å². The van der Waals surface area contributed by atoms with Gasteiger partial charge in [0.25, 0.3) is 5.91 Å². The van der Waals surface area contributed by atoms with Gasteiger partial charge in [0.2, 0.25) is 5.28 Å². The number of rotatable bonds is 6. The number of hydrogen-bond donors (Lipinski definition) is 1. The highest BCUT2D eigenvalue weighted by atomic mass is 35.5. The summed E-state index contributed by atoms with van der Waals surface area (Å²) >= 11 is 5.86. The number of hydrogen-bond acceptors (Lipinski definition) is 6. The Kier molecular flexibility index (Phi) is 6.74. The van der Waals surface area contributed by atoms with Gasteiger partial charge in [0, 0.05) is 24.8 Å². The number of halogens is 1. The molecule has 122 valence electrons. The molecular formula is C15H19ClN6O. The van der Waals surface area contributed by atoms with Crippen molar-refractivity contribution in [2.24, 2.45) is 0 Å². The number of nitrogens with zero attached hydrogens (tertiary/aromatic N) is 5. The molecule has 1 aromatic heterocycles. The lowest BCUT2D eigenvalue weighted by Gasteiger charge is -2.25. The number of anilines is 1. The lowest BCUT2D eigenvalue weighted by molar-refractivity contribution is 0.0919. The Balaban J connectivity index is 3.19. The van der Waals surface area contributed by atoms with E-state index in [-0.39, 0.29) is 29.6 Å². The van der Waals surface area contributed by atoms with Crippen LogP contribution in [0.15, 0.2) is 6.20 Å². The van der Waals surface area contributed by atoms with E-state index in [9.17, 15) is 4.79 Å². The molecule has 7 nitrogen and oxygen atoms in total. The highest BCUT2D eigenvalue weighted by Gasteiger charge is 2.22. The van der Waals surface area contributed by atoms with Crippen LogP contribution in [0.1, 0.15) is 44.0 Å². The van der Waals surface area contributed by atoms with Gasteiger partial charge in [-0.05, 0) is 32.4 Å². The first-order valence-corrected chi connectivity index (χ1v) is 7.50. The molecule has 8 heteroatoms. The van der Waals surface area contributed by atoms with E-state index in [1.807, 2.05) is 32.9 Å². The first-order valence-electron chi connectivity index (χ1n) is 7.12. The van der Waals surface area contributed by atoms with E-state index >= 15 is 0 Å². The molecule has 1 rings (SSSR count). The van der Waals surface area contributed by atoms with Gasteiger partial charge in [-0.3, -0.25) is 4.79 Å². The topological polar surface area (TPSA) is 106 Å². The van der Waals surface area contributed by atoms with Crippen LogP contribution in [0.2, 0.25) is 5.28 Å². The first kappa shape index (κ1) is 18.7. The van der Waals surface area contributed by atoms with Crippen molar-refractivity contribution in [3.8, 4) is 12.1 Å². The van der Waals surface area contributed by atoms with Crippen molar-refractivity contribution in [1.82, 2.24) is 15.3 Å². The fraction of sp³-hybridized carbons (Fsp3) is 0.533. The van der Waals surface area contributed by atoms with Gasteiger partial charge in [0.05, 0.1) is 25.0 Å². The third-order valence-corrected chi connectivity index (χ3v) is 2.94. The van der Waals surface area contributed by atoms with Crippen LogP contribution in [-0.4, -0.2) is 34.5 Å². The molecule has 1 N–H and O–H groups in total. The van der Waals surface area contributed by atoms with Crippen molar-refractivity contribution < 1.29 is 4.79 Å². The number of carbonyl (C=O) groups excluding carboxylic acids is 1. The van der Waals surface area contributed by atoms with Crippen molar-refractivity contribution in [2.75, 3.05) is 18.0 Å². The van der Waals surface area contributed by atoms with Gasteiger partial charge in [-0.2, -0.15) is 15.5 Å². The van der Waals surface area contributed by atoms with E-state index in [0.717, 1.165) is 0 Å². The standard InChI is InChI=1S/C15H19ClN6O/c1-15(2,3)21-13(23)11-10-19-14(16)20-12(11)22(8-4-6-17)9-5-7-18/h10H,4-5,8-9H2,1-3H3,(H,21,23). The van der Waals surface area contributed by atoms with Crippen LogP contribution in [0.4, 0.5) is 5.82 Å². The second-order valence-corrected chi connectivity index (χ2v) is 6.22. The van der Waals surface area contributed by atoms with Gasteiger partial charge in [-0.25, -0.2) is 4.98 Å². The van der Waals surface area contributed by atoms with E-state index in [2.05, 4.69) is 15.3 Å². The summed E-state index contributed by atoms with van der Waals surface area (Å²) in [4.78, 5) is 22.2. The number of aromatic nitrogens is 2. The Morgan fingerprint density at radius 2 is 1.87 bits per heavy atom. The third kappa shape index (κ3) is 6.09. The zero-order valence-corrected chi connectivity index (χ0v) is 14.2. The molecule has 0 aliphatic rings. The van der Waals surface area contributed by atoms with E-state index in [0.29, 0.717) is 18.9 Å². The van der Waals surface area contributed by atoms with Crippen molar-refractivity contribution in [1.29, 1.82) is 10.5 Å². The molecule has 0 aliphatic carbocycles. The first-order chi connectivity index (χ1) is 10.8. The van der Waals surface area contributed by atoms with E-state index in [1.165, 1.54) is 6.20 Å². The molecule has 0 bridgehead atoms. The number of nitriles is 2. The Labute approximate surface area is 140 Å². The lowest BCUT2D eigenvalue weighted by Crippen LogP contribution is -2.41. The monoisotopic (exact) mass is 334 g/mol. The maximum Gasteiger partial charge on any atom is 0.257 e. The largest absolute Gasteiger partial charge is 0.354 e. The Hall–Kier alpha value is -2.38. The molecule has 1 heterocycles. The number of amides is 1. The van der Waals surface area contributed by atoms with E-state index in [4.69, 9.17) is 22.1 Å². The van der Waals surface area contributed by atoms with Gasteiger partial charge in [-0.1, -0.05) is 0 Å². The van der Waals surface area contributed by atoms with Crippen LogP contribution in [0.25, 0.3) is 0 Å². The average molecular weight is 335 g/mol. The smallest absolute Gasteiger partial charge is 0.257 e. The van der Waals surface area contributed by atoms with Crippen molar-refractivity contribution in [3.63, 3.8) is 0 Å². The van der Waals surface area contributed by atoms with Gasteiger partial charge in [0.15, 0.2) is 0 Å². The van der Waals surface area contributed by atoms with Crippen LogP contribution < -0.4 is 10.2 Å². The molecule has 23 heavy (non-hydrogen) atoms. The fourth-order valence-electron chi connectivity index (χ4n) is 1.85. The van der Waals surface area contributed by atoms with Crippen LogP contribution in [0.3, 0.4) is 0 Å². The zero-order chi connectivity index (χ0) is 17.5. The van der Waals surface area contributed by atoms with Crippen LogP contribution in [0, 0.1) is 22.7 Å². The Morgan fingerprint density at radius 3 is 2.35 bits per heavy atom. The molecule has 0 saturated carbocycles. The molecule has 0 unspecified atom stereocenters. The lowest BCUT2D eigenvalue weighted by atomic mass is 10.1. The normalized spacial score (nSPS) is 10.5. The maximum atomic E-state index is 12.5. The second-order valence-electron chi connectivity index (χ2n) is 5.88. The highest BCUT2D eigenvalue weighted by Crippen LogP contribution is 2.20. The SMILES string of the molecule is CC(C)(C)NC(=O)c1cnc(Cl)nc1N(CCC#N)CCC#N.